The highest BCUT2D eigenvalue weighted by Gasteiger charge is 2.16. The van der Waals surface area contributed by atoms with Crippen LogP contribution in [-0.2, 0) is 0 Å². The van der Waals surface area contributed by atoms with Crippen molar-refractivity contribution < 1.29 is 4.74 Å². The summed E-state index contributed by atoms with van der Waals surface area (Å²) in [6.07, 6.45) is 3.78. The molecule has 156 valence electrons. The van der Waals surface area contributed by atoms with E-state index in [0.717, 1.165) is 49.5 Å². The van der Waals surface area contributed by atoms with Gasteiger partial charge in [0.1, 0.15) is 11.9 Å². The van der Waals surface area contributed by atoms with Crippen molar-refractivity contribution in [2.75, 3.05) is 32.0 Å². The van der Waals surface area contributed by atoms with E-state index in [4.69, 9.17) is 9.72 Å². The molecule has 1 aliphatic heterocycles. The van der Waals surface area contributed by atoms with Crippen LogP contribution in [0.3, 0.4) is 0 Å². The number of hydrogen-bond acceptors (Lipinski definition) is 6. The van der Waals surface area contributed by atoms with Crippen molar-refractivity contribution in [3.05, 3.63) is 72.4 Å². The van der Waals surface area contributed by atoms with Crippen molar-refractivity contribution >= 4 is 5.95 Å². The average Bonchev–Trinajstić information content (AvgIpc) is 3.31. The molecule has 3 aromatic rings. The van der Waals surface area contributed by atoms with Crippen LogP contribution in [0.1, 0.15) is 24.5 Å². The van der Waals surface area contributed by atoms with Gasteiger partial charge in [-0.15, -0.1) is 0 Å². The Morgan fingerprint density at radius 1 is 1.13 bits per heavy atom. The molecule has 0 bridgehead atoms. The number of nitrogens with zero attached hydrogens (tertiary/aromatic N) is 2. The summed E-state index contributed by atoms with van der Waals surface area (Å²) in [5, 5.41) is 9.99. The van der Waals surface area contributed by atoms with Crippen LogP contribution >= 0.6 is 0 Å². The first-order valence-corrected chi connectivity index (χ1v) is 10.6. The maximum absolute atomic E-state index is 6.40. The Balaban J connectivity index is 1.51. The summed E-state index contributed by atoms with van der Waals surface area (Å²) in [7, 11) is 1.96. The quantitative estimate of drug-likeness (QED) is 0.507. The molecule has 2 atom stereocenters. The summed E-state index contributed by atoms with van der Waals surface area (Å²) in [4.78, 5) is 9.10. The van der Waals surface area contributed by atoms with E-state index in [9.17, 15) is 0 Å². The van der Waals surface area contributed by atoms with Crippen molar-refractivity contribution in [1.29, 1.82) is 0 Å². The first-order valence-electron chi connectivity index (χ1n) is 10.6. The monoisotopic (exact) mass is 403 g/mol. The van der Waals surface area contributed by atoms with Gasteiger partial charge in [0.05, 0.1) is 5.69 Å². The van der Waals surface area contributed by atoms with Gasteiger partial charge in [-0.1, -0.05) is 42.5 Å². The lowest BCUT2D eigenvalue weighted by Crippen LogP contribution is -2.23. The fourth-order valence-electron chi connectivity index (χ4n) is 3.68. The lowest BCUT2D eigenvalue weighted by molar-refractivity contribution is 0.195. The number of ether oxygens (including phenoxy) is 1. The van der Waals surface area contributed by atoms with Crippen LogP contribution in [-0.4, -0.2) is 42.7 Å². The molecule has 3 N–H and O–H groups in total. The smallest absolute Gasteiger partial charge is 0.223 e. The molecule has 1 fully saturated rings. The summed E-state index contributed by atoms with van der Waals surface area (Å²) >= 11 is 0. The SMILES string of the molecule is CNCC[C@@H](Oc1cccc(-c2ccnc(N[C@@H]3CCNC3)n2)c1)c1ccccc1. The molecule has 4 rings (SSSR count). The number of nitrogens with one attached hydrogen (secondary N) is 3. The Labute approximate surface area is 178 Å². The van der Waals surface area contributed by atoms with E-state index in [-0.39, 0.29) is 6.10 Å². The van der Waals surface area contributed by atoms with E-state index in [0.29, 0.717) is 12.0 Å². The number of benzene rings is 2. The van der Waals surface area contributed by atoms with Gasteiger partial charge in [0.25, 0.3) is 0 Å². The number of hydrogen-bond donors (Lipinski definition) is 3. The van der Waals surface area contributed by atoms with Gasteiger partial charge in [-0.3, -0.25) is 0 Å². The van der Waals surface area contributed by atoms with Crippen molar-refractivity contribution in [2.24, 2.45) is 0 Å². The summed E-state index contributed by atoms with van der Waals surface area (Å²) < 4.78 is 6.40. The molecule has 1 saturated heterocycles. The van der Waals surface area contributed by atoms with E-state index in [1.54, 1.807) is 6.20 Å². The topological polar surface area (TPSA) is 71.1 Å². The Bertz CT molecular complexity index is 928. The lowest BCUT2D eigenvalue weighted by Gasteiger charge is -2.20. The molecule has 6 heteroatoms. The highest BCUT2D eigenvalue weighted by molar-refractivity contribution is 5.62. The minimum absolute atomic E-state index is 0.00797. The molecule has 1 aliphatic rings. The third kappa shape index (κ3) is 5.34. The second kappa shape index (κ2) is 10.2. The molecule has 0 spiro atoms. The zero-order valence-corrected chi connectivity index (χ0v) is 17.3. The Kier molecular flexibility index (Phi) is 6.90. The fraction of sp³-hybridized carbons (Fsp3) is 0.333. The summed E-state index contributed by atoms with van der Waals surface area (Å²) in [6.45, 7) is 2.87. The summed E-state index contributed by atoms with van der Waals surface area (Å²) in [6, 6.07) is 20.8. The van der Waals surface area contributed by atoms with Gasteiger partial charge >= 0.3 is 0 Å². The van der Waals surface area contributed by atoms with Crippen LogP contribution in [0.2, 0.25) is 0 Å². The maximum atomic E-state index is 6.40. The summed E-state index contributed by atoms with van der Waals surface area (Å²) in [5.41, 5.74) is 3.08. The molecule has 2 aromatic carbocycles. The third-order valence-corrected chi connectivity index (χ3v) is 5.29. The van der Waals surface area contributed by atoms with Crippen LogP contribution in [0.4, 0.5) is 5.95 Å². The average molecular weight is 404 g/mol. The fourth-order valence-corrected chi connectivity index (χ4v) is 3.68. The van der Waals surface area contributed by atoms with Crippen LogP contribution in [0.15, 0.2) is 66.9 Å². The number of rotatable bonds is 9. The Morgan fingerprint density at radius 2 is 2.03 bits per heavy atom. The van der Waals surface area contributed by atoms with Gasteiger partial charge in [0.15, 0.2) is 0 Å². The molecule has 6 nitrogen and oxygen atoms in total. The van der Waals surface area contributed by atoms with Gasteiger partial charge in [-0.25, -0.2) is 9.97 Å². The van der Waals surface area contributed by atoms with E-state index in [1.165, 1.54) is 5.56 Å². The van der Waals surface area contributed by atoms with Crippen LogP contribution < -0.4 is 20.7 Å². The minimum Gasteiger partial charge on any atom is -0.486 e. The van der Waals surface area contributed by atoms with Crippen molar-refractivity contribution in [2.45, 2.75) is 25.0 Å². The molecule has 2 heterocycles. The predicted molar refractivity (Wildman–Crippen MR) is 121 cm³/mol. The van der Waals surface area contributed by atoms with E-state index >= 15 is 0 Å². The second-order valence-corrected chi connectivity index (χ2v) is 7.54. The van der Waals surface area contributed by atoms with E-state index < -0.39 is 0 Å². The molecule has 0 saturated carbocycles. The first kappa shape index (κ1) is 20.3. The van der Waals surface area contributed by atoms with Gasteiger partial charge < -0.3 is 20.7 Å². The minimum atomic E-state index is -0.00797. The van der Waals surface area contributed by atoms with Gasteiger partial charge in [-0.05, 0) is 50.3 Å². The zero-order chi connectivity index (χ0) is 20.6. The molecule has 0 amide bonds. The molecular formula is C24H29N5O. The van der Waals surface area contributed by atoms with Crippen LogP contribution in [0.25, 0.3) is 11.3 Å². The molecule has 0 unspecified atom stereocenters. The molecular weight excluding hydrogens is 374 g/mol. The largest absolute Gasteiger partial charge is 0.486 e. The third-order valence-electron chi connectivity index (χ3n) is 5.29. The highest BCUT2D eigenvalue weighted by Crippen LogP contribution is 2.28. The highest BCUT2D eigenvalue weighted by atomic mass is 16.5. The second-order valence-electron chi connectivity index (χ2n) is 7.54. The molecule has 1 aromatic heterocycles. The summed E-state index contributed by atoms with van der Waals surface area (Å²) in [5.74, 6) is 1.51. The van der Waals surface area contributed by atoms with Crippen LogP contribution in [0, 0.1) is 0 Å². The van der Waals surface area contributed by atoms with Gasteiger partial charge in [0, 0.05) is 30.8 Å². The van der Waals surface area contributed by atoms with Crippen LogP contribution in [0.5, 0.6) is 5.75 Å². The van der Waals surface area contributed by atoms with E-state index in [1.807, 2.05) is 31.3 Å². The van der Waals surface area contributed by atoms with Crippen molar-refractivity contribution in [3.63, 3.8) is 0 Å². The number of anilines is 1. The standard InChI is InChI=1S/C24H29N5O/c1-25-13-12-23(18-6-3-2-4-7-18)30-21-9-5-8-19(16-21)22-11-15-27-24(29-22)28-20-10-14-26-17-20/h2-9,11,15-16,20,23,25-26H,10,12-14,17H2,1H3,(H,27,28,29)/t20-,23-/m1/s1. The predicted octanol–water partition coefficient (Wildman–Crippen LogP) is 3.65. The molecule has 0 radical (unpaired) electrons. The number of aromatic nitrogens is 2. The van der Waals surface area contributed by atoms with E-state index in [2.05, 4.69) is 57.3 Å². The zero-order valence-electron chi connectivity index (χ0n) is 17.3. The maximum Gasteiger partial charge on any atom is 0.223 e. The normalized spacial score (nSPS) is 16.9. The Morgan fingerprint density at radius 3 is 2.83 bits per heavy atom. The lowest BCUT2D eigenvalue weighted by atomic mass is 10.1. The van der Waals surface area contributed by atoms with Crippen molar-refractivity contribution in [1.82, 2.24) is 20.6 Å². The first-order chi connectivity index (χ1) is 14.8. The van der Waals surface area contributed by atoms with Gasteiger partial charge in [-0.2, -0.15) is 0 Å². The van der Waals surface area contributed by atoms with Crippen molar-refractivity contribution in [3.8, 4) is 17.0 Å². The Hall–Kier alpha value is -2.96. The molecule has 30 heavy (non-hydrogen) atoms. The van der Waals surface area contributed by atoms with Gasteiger partial charge in [0.2, 0.25) is 5.95 Å². The molecule has 0 aliphatic carbocycles.